The zero-order valence-corrected chi connectivity index (χ0v) is 6.93. The largest absolute Gasteiger partial charge is 0.465 e. The minimum atomic E-state index is -1.08. The van der Waals surface area contributed by atoms with Crippen molar-refractivity contribution in [1.82, 2.24) is 9.88 Å². The Morgan fingerprint density at radius 2 is 2.31 bits per heavy atom. The van der Waals surface area contributed by atoms with Crippen molar-refractivity contribution < 1.29 is 9.90 Å². The Morgan fingerprint density at radius 3 is 2.92 bits per heavy atom. The lowest BCUT2D eigenvalue weighted by Gasteiger charge is -2.03. The van der Waals surface area contributed by atoms with Crippen LogP contribution in [0.3, 0.4) is 0 Å². The number of amides is 1. The third kappa shape index (κ3) is 2.98. The Morgan fingerprint density at radius 1 is 1.54 bits per heavy atom. The smallest absolute Gasteiger partial charge is 0.404 e. The van der Waals surface area contributed by atoms with Gasteiger partial charge in [-0.1, -0.05) is 6.07 Å². The number of hydrogen-bond acceptors (Lipinski definition) is 2. The van der Waals surface area contributed by atoms with Crippen molar-refractivity contribution in [2.24, 2.45) is 0 Å². The average molecular weight is 182 g/mol. The van der Waals surface area contributed by atoms with Crippen LogP contribution < -0.4 is 10.9 Å². The summed E-state index contributed by atoms with van der Waals surface area (Å²) in [5.41, 5.74) is -0.130. The van der Waals surface area contributed by atoms with Crippen LogP contribution in [-0.4, -0.2) is 22.3 Å². The zero-order valence-electron chi connectivity index (χ0n) is 6.93. The molecule has 0 radical (unpaired) electrons. The van der Waals surface area contributed by atoms with Crippen LogP contribution in [0.2, 0.25) is 0 Å². The van der Waals surface area contributed by atoms with E-state index in [1.165, 1.54) is 10.6 Å². The first kappa shape index (κ1) is 9.31. The number of nitrogens with one attached hydrogen (secondary N) is 1. The predicted octanol–water partition coefficient (Wildman–Crippen LogP) is 0.116. The van der Waals surface area contributed by atoms with E-state index in [1.54, 1.807) is 18.3 Å². The summed E-state index contributed by atoms with van der Waals surface area (Å²) in [6.45, 7) is 0.589. The van der Waals surface area contributed by atoms with E-state index < -0.39 is 6.09 Å². The van der Waals surface area contributed by atoms with E-state index in [9.17, 15) is 9.59 Å². The molecule has 5 heteroatoms. The molecule has 1 aromatic heterocycles. The van der Waals surface area contributed by atoms with E-state index in [1.807, 2.05) is 0 Å². The van der Waals surface area contributed by atoms with Gasteiger partial charge < -0.3 is 15.0 Å². The SMILES string of the molecule is O=C(O)NCCn1ccccc1=O. The van der Waals surface area contributed by atoms with Crippen LogP contribution >= 0.6 is 0 Å². The second-order valence-electron chi connectivity index (χ2n) is 2.46. The van der Waals surface area contributed by atoms with Gasteiger partial charge in [0.25, 0.3) is 5.56 Å². The molecular formula is C8H10N2O3. The third-order valence-electron chi connectivity index (χ3n) is 1.53. The van der Waals surface area contributed by atoms with Crippen LogP contribution in [0, 0.1) is 0 Å². The standard InChI is InChI=1S/C8H10N2O3/c11-7-3-1-2-5-10(7)6-4-9-8(12)13/h1-3,5,9H,4,6H2,(H,12,13). The van der Waals surface area contributed by atoms with Crippen molar-refractivity contribution in [3.05, 3.63) is 34.7 Å². The highest BCUT2D eigenvalue weighted by molar-refractivity contribution is 5.64. The van der Waals surface area contributed by atoms with E-state index in [0.717, 1.165) is 0 Å². The molecule has 0 spiro atoms. The van der Waals surface area contributed by atoms with Crippen molar-refractivity contribution in [2.75, 3.05) is 6.54 Å². The zero-order chi connectivity index (χ0) is 9.68. The molecule has 0 bridgehead atoms. The molecule has 0 aliphatic heterocycles. The first-order chi connectivity index (χ1) is 6.20. The molecule has 0 unspecified atom stereocenters. The Kier molecular flexibility index (Phi) is 3.08. The normalized spacial score (nSPS) is 9.54. The molecule has 70 valence electrons. The molecule has 2 N–H and O–H groups in total. The van der Waals surface area contributed by atoms with Crippen LogP contribution in [0.4, 0.5) is 4.79 Å². The maximum Gasteiger partial charge on any atom is 0.404 e. The van der Waals surface area contributed by atoms with Gasteiger partial charge in [0, 0.05) is 25.4 Å². The second kappa shape index (κ2) is 4.30. The van der Waals surface area contributed by atoms with Gasteiger partial charge in [-0.25, -0.2) is 4.79 Å². The summed E-state index contributed by atoms with van der Waals surface area (Å²) in [6, 6.07) is 4.80. The summed E-state index contributed by atoms with van der Waals surface area (Å²) < 4.78 is 1.44. The predicted molar refractivity (Wildman–Crippen MR) is 46.7 cm³/mol. The molecule has 0 aliphatic rings. The summed E-state index contributed by atoms with van der Waals surface area (Å²) in [5, 5.41) is 10.4. The van der Waals surface area contributed by atoms with Crippen LogP contribution in [0.15, 0.2) is 29.2 Å². The lowest BCUT2D eigenvalue weighted by atomic mass is 10.4. The summed E-state index contributed by atoms with van der Waals surface area (Å²) in [7, 11) is 0. The Bertz CT molecular complexity index is 345. The molecule has 0 saturated carbocycles. The van der Waals surface area contributed by atoms with E-state index in [-0.39, 0.29) is 12.1 Å². The molecular weight excluding hydrogens is 172 g/mol. The number of pyridine rings is 1. The molecule has 13 heavy (non-hydrogen) atoms. The van der Waals surface area contributed by atoms with Gasteiger partial charge in [-0.3, -0.25) is 4.79 Å². The lowest BCUT2D eigenvalue weighted by molar-refractivity contribution is 0.194. The topological polar surface area (TPSA) is 71.3 Å². The molecule has 0 fully saturated rings. The first-order valence-electron chi connectivity index (χ1n) is 3.82. The van der Waals surface area contributed by atoms with Crippen molar-refractivity contribution in [3.8, 4) is 0 Å². The minimum absolute atomic E-state index is 0.130. The van der Waals surface area contributed by atoms with Gasteiger partial charge in [-0.2, -0.15) is 0 Å². The third-order valence-corrected chi connectivity index (χ3v) is 1.53. The van der Waals surface area contributed by atoms with Gasteiger partial charge in [0.2, 0.25) is 0 Å². The summed E-state index contributed by atoms with van der Waals surface area (Å²) in [4.78, 5) is 21.2. The van der Waals surface area contributed by atoms with Crippen molar-refractivity contribution in [3.63, 3.8) is 0 Å². The Hall–Kier alpha value is -1.78. The van der Waals surface area contributed by atoms with Gasteiger partial charge in [0.1, 0.15) is 0 Å². The minimum Gasteiger partial charge on any atom is -0.465 e. The van der Waals surface area contributed by atoms with Gasteiger partial charge in [0.15, 0.2) is 0 Å². The number of aromatic nitrogens is 1. The molecule has 0 aromatic carbocycles. The Balaban J connectivity index is 2.50. The van der Waals surface area contributed by atoms with Crippen LogP contribution in [0.5, 0.6) is 0 Å². The van der Waals surface area contributed by atoms with Crippen molar-refractivity contribution in [2.45, 2.75) is 6.54 Å². The fourth-order valence-electron chi connectivity index (χ4n) is 0.929. The van der Waals surface area contributed by atoms with E-state index in [0.29, 0.717) is 6.54 Å². The molecule has 1 heterocycles. The van der Waals surface area contributed by atoms with Crippen molar-refractivity contribution in [1.29, 1.82) is 0 Å². The number of hydrogen-bond donors (Lipinski definition) is 2. The maximum atomic E-state index is 11.1. The Labute approximate surface area is 74.6 Å². The molecule has 1 rings (SSSR count). The fraction of sp³-hybridized carbons (Fsp3) is 0.250. The molecule has 1 aromatic rings. The summed E-state index contributed by atoms with van der Waals surface area (Å²) in [6.07, 6.45) is 0.537. The summed E-state index contributed by atoms with van der Waals surface area (Å²) in [5.74, 6) is 0. The highest BCUT2D eigenvalue weighted by Gasteiger charge is 1.95. The van der Waals surface area contributed by atoms with E-state index in [2.05, 4.69) is 5.32 Å². The molecule has 5 nitrogen and oxygen atoms in total. The molecule has 0 saturated heterocycles. The number of carbonyl (C=O) groups is 1. The monoisotopic (exact) mass is 182 g/mol. The van der Waals surface area contributed by atoms with E-state index in [4.69, 9.17) is 5.11 Å². The maximum absolute atomic E-state index is 11.1. The number of nitrogens with zero attached hydrogens (tertiary/aromatic N) is 1. The highest BCUT2D eigenvalue weighted by Crippen LogP contribution is 1.80. The van der Waals surface area contributed by atoms with E-state index >= 15 is 0 Å². The first-order valence-corrected chi connectivity index (χ1v) is 3.82. The van der Waals surface area contributed by atoms with Gasteiger partial charge >= 0.3 is 6.09 Å². The molecule has 0 aliphatic carbocycles. The lowest BCUT2D eigenvalue weighted by Crippen LogP contribution is -2.29. The van der Waals surface area contributed by atoms with Crippen LogP contribution in [0.1, 0.15) is 0 Å². The summed E-state index contributed by atoms with van der Waals surface area (Å²) >= 11 is 0. The van der Waals surface area contributed by atoms with Crippen LogP contribution in [0.25, 0.3) is 0 Å². The van der Waals surface area contributed by atoms with Crippen molar-refractivity contribution >= 4 is 6.09 Å². The van der Waals surface area contributed by atoms with Gasteiger partial charge in [-0.15, -0.1) is 0 Å². The van der Waals surface area contributed by atoms with Gasteiger partial charge in [-0.05, 0) is 6.07 Å². The number of carboxylic acid groups (broad SMARTS) is 1. The number of rotatable bonds is 3. The van der Waals surface area contributed by atoms with Crippen LogP contribution in [-0.2, 0) is 6.54 Å². The average Bonchev–Trinajstić information content (AvgIpc) is 2.08. The molecule has 0 atom stereocenters. The quantitative estimate of drug-likeness (QED) is 0.697. The molecule has 1 amide bonds. The fourth-order valence-corrected chi connectivity index (χ4v) is 0.929. The van der Waals surface area contributed by atoms with Gasteiger partial charge in [0.05, 0.1) is 0 Å². The highest BCUT2D eigenvalue weighted by atomic mass is 16.4. The second-order valence-corrected chi connectivity index (χ2v) is 2.46.